The van der Waals surface area contributed by atoms with Gasteiger partial charge < -0.3 is 16.0 Å². The van der Waals surface area contributed by atoms with Gasteiger partial charge in [0.25, 0.3) is 0 Å². The Hall–Kier alpha value is -1.10. The highest BCUT2D eigenvalue weighted by molar-refractivity contribution is 5.83. The van der Waals surface area contributed by atoms with Crippen LogP contribution in [0.3, 0.4) is 0 Å². The maximum Gasteiger partial charge on any atom is 0.227 e. The second-order valence-electron chi connectivity index (χ2n) is 6.92. The Bertz CT molecular complexity index is 369. The second-order valence-corrected chi connectivity index (χ2v) is 6.92. The summed E-state index contributed by atoms with van der Waals surface area (Å²) in [5.74, 6) is 0.530. The van der Waals surface area contributed by atoms with Crippen molar-refractivity contribution in [2.75, 3.05) is 13.6 Å². The molecule has 2 atom stereocenters. The van der Waals surface area contributed by atoms with Gasteiger partial charge in [0, 0.05) is 32.1 Å². The molecule has 2 rings (SSSR count). The summed E-state index contributed by atoms with van der Waals surface area (Å²) in [7, 11) is 1.62. The first-order valence-corrected chi connectivity index (χ1v) is 7.65. The van der Waals surface area contributed by atoms with Gasteiger partial charge in [0.15, 0.2) is 0 Å². The first-order chi connectivity index (χ1) is 9.40. The first kappa shape index (κ1) is 15.3. The average molecular weight is 281 g/mol. The van der Waals surface area contributed by atoms with E-state index in [9.17, 15) is 9.59 Å². The van der Waals surface area contributed by atoms with Crippen molar-refractivity contribution in [3.05, 3.63) is 0 Å². The van der Waals surface area contributed by atoms with Crippen LogP contribution >= 0.6 is 0 Å². The third-order valence-electron chi connectivity index (χ3n) is 4.61. The fourth-order valence-electron chi connectivity index (χ4n) is 3.41. The van der Waals surface area contributed by atoms with Crippen molar-refractivity contribution in [1.29, 1.82) is 0 Å². The summed E-state index contributed by atoms with van der Waals surface area (Å²) in [5, 5.41) is 9.13. The number of rotatable bonds is 5. The van der Waals surface area contributed by atoms with E-state index in [1.807, 2.05) is 13.8 Å². The zero-order valence-corrected chi connectivity index (χ0v) is 12.8. The predicted octanol–water partition coefficient (Wildman–Crippen LogP) is 0.795. The van der Waals surface area contributed by atoms with Crippen molar-refractivity contribution in [2.24, 2.45) is 11.3 Å². The topological polar surface area (TPSA) is 70.2 Å². The summed E-state index contributed by atoms with van der Waals surface area (Å²) in [6.07, 6.45) is 5.34. The molecule has 2 unspecified atom stereocenters. The molecule has 20 heavy (non-hydrogen) atoms. The molecule has 2 fully saturated rings. The van der Waals surface area contributed by atoms with Gasteiger partial charge in [-0.05, 0) is 45.4 Å². The molecule has 2 amide bonds. The first-order valence-electron chi connectivity index (χ1n) is 7.65. The molecule has 2 aliphatic rings. The van der Waals surface area contributed by atoms with Gasteiger partial charge in [-0.25, -0.2) is 0 Å². The summed E-state index contributed by atoms with van der Waals surface area (Å²) in [6.45, 7) is 4.08. The molecule has 5 nitrogen and oxygen atoms in total. The van der Waals surface area contributed by atoms with Gasteiger partial charge in [-0.15, -0.1) is 0 Å². The second kappa shape index (κ2) is 6.12. The minimum atomic E-state index is -0.558. The van der Waals surface area contributed by atoms with Gasteiger partial charge in [-0.3, -0.25) is 9.59 Å². The number of amides is 2. The van der Waals surface area contributed by atoms with E-state index in [4.69, 9.17) is 0 Å². The molecule has 2 bridgehead atoms. The van der Waals surface area contributed by atoms with Crippen LogP contribution in [0.4, 0.5) is 0 Å². The lowest BCUT2D eigenvalue weighted by Crippen LogP contribution is -2.44. The standard InChI is InChI=1S/C15H27N3O2/c1-15(2,14(20)16-3)9-17-13(19)8-10-6-11-4-5-12(7-10)18-11/h10-12,18H,4-9H2,1-3H3,(H,16,20)(H,17,19). The number of fused-ring (bicyclic) bond motifs is 2. The molecule has 0 aliphatic carbocycles. The molecule has 0 spiro atoms. The molecular weight excluding hydrogens is 254 g/mol. The Kier molecular flexibility index (Phi) is 4.68. The van der Waals surface area contributed by atoms with E-state index in [2.05, 4.69) is 16.0 Å². The van der Waals surface area contributed by atoms with Crippen LogP contribution in [0.25, 0.3) is 0 Å². The predicted molar refractivity (Wildman–Crippen MR) is 78.1 cm³/mol. The Labute approximate surface area is 121 Å². The summed E-state index contributed by atoms with van der Waals surface area (Å²) < 4.78 is 0. The zero-order valence-electron chi connectivity index (χ0n) is 12.8. The van der Waals surface area contributed by atoms with Gasteiger partial charge >= 0.3 is 0 Å². The van der Waals surface area contributed by atoms with Crippen molar-refractivity contribution in [3.63, 3.8) is 0 Å². The van der Waals surface area contributed by atoms with E-state index in [0.29, 0.717) is 31.0 Å². The number of carbonyl (C=O) groups is 2. The van der Waals surface area contributed by atoms with Gasteiger partial charge in [0.1, 0.15) is 0 Å². The van der Waals surface area contributed by atoms with Crippen molar-refractivity contribution in [1.82, 2.24) is 16.0 Å². The SMILES string of the molecule is CNC(=O)C(C)(C)CNC(=O)CC1CC2CCC(C1)N2. The van der Waals surface area contributed by atoms with Crippen molar-refractivity contribution in [2.45, 2.75) is 58.0 Å². The van der Waals surface area contributed by atoms with Crippen LogP contribution in [0, 0.1) is 11.3 Å². The summed E-state index contributed by atoms with van der Waals surface area (Å²) in [5.41, 5.74) is -0.558. The Balaban J connectivity index is 1.74. The van der Waals surface area contributed by atoms with Gasteiger partial charge in [-0.1, -0.05) is 0 Å². The third-order valence-corrected chi connectivity index (χ3v) is 4.61. The van der Waals surface area contributed by atoms with Crippen LogP contribution in [-0.4, -0.2) is 37.5 Å². The fourth-order valence-corrected chi connectivity index (χ4v) is 3.41. The number of piperidine rings is 1. The molecule has 0 aromatic carbocycles. The largest absolute Gasteiger partial charge is 0.359 e. The zero-order chi connectivity index (χ0) is 14.8. The fraction of sp³-hybridized carbons (Fsp3) is 0.867. The van der Waals surface area contributed by atoms with Crippen LogP contribution in [0.1, 0.15) is 46.0 Å². The number of nitrogens with one attached hydrogen (secondary N) is 3. The molecule has 2 aliphatic heterocycles. The lowest BCUT2D eigenvalue weighted by atomic mass is 9.89. The normalized spacial score (nSPS) is 29.1. The number of hydrogen-bond acceptors (Lipinski definition) is 3. The maximum atomic E-state index is 12.0. The minimum Gasteiger partial charge on any atom is -0.359 e. The van der Waals surface area contributed by atoms with E-state index in [-0.39, 0.29) is 11.8 Å². The molecule has 0 aromatic heterocycles. The van der Waals surface area contributed by atoms with Gasteiger partial charge in [-0.2, -0.15) is 0 Å². The smallest absolute Gasteiger partial charge is 0.227 e. The maximum absolute atomic E-state index is 12.0. The Morgan fingerprint density at radius 2 is 1.80 bits per heavy atom. The Morgan fingerprint density at radius 1 is 1.20 bits per heavy atom. The van der Waals surface area contributed by atoms with Crippen LogP contribution in [0.2, 0.25) is 0 Å². The molecule has 114 valence electrons. The molecule has 0 radical (unpaired) electrons. The van der Waals surface area contributed by atoms with Gasteiger partial charge in [0.05, 0.1) is 5.41 Å². The molecule has 0 saturated carbocycles. The van der Waals surface area contributed by atoms with E-state index < -0.39 is 5.41 Å². The molecule has 2 heterocycles. The highest BCUT2D eigenvalue weighted by Gasteiger charge is 2.34. The lowest BCUT2D eigenvalue weighted by molar-refractivity contribution is -0.129. The van der Waals surface area contributed by atoms with Crippen LogP contribution < -0.4 is 16.0 Å². The van der Waals surface area contributed by atoms with E-state index in [1.165, 1.54) is 12.8 Å². The highest BCUT2D eigenvalue weighted by atomic mass is 16.2. The minimum absolute atomic E-state index is 0.0438. The molecule has 3 N–H and O–H groups in total. The van der Waals surface area contributed by atoms with Crippen molar-refractivity contribution >= 4 is 11.8 Å². The van der Waals surface area contributed by atoms with E-state index in [0.717, 1.165) is 12.8 Å². The molecular formula is C15H27N3O2. The summed E-state index contributed by atoms with van der Waals surface area (Å²) in [6, 6.07) is 1.24. The molecule has 0 aromatic rings. The number of hydrogen-bond donors (Lipinski definition) is 3. The van der Waals surface area contributed by atoms with Gasteiger partial charge in [0.2, 0.25) is 11.8 Å². The highest BCUT2D eigenvalue weighted by Crippen LogP contribution is 2.32. The quantitative estimate of drug-likeness (QED) is 0.698. The Morgan fingerprint density at radius 3 is 2.35 bits per heavy atom. The van der Waals surface area contributed by atoms with Crippen LogP contribution in [0.5, 0.6) is 0 Å². The summed E-state index contributed by atoms with van der Waals surface area (Å²) in [4.78, 5) is 23.7. The summed E-state index contributed by atoms with van der Waals surface area (Å²) >= 11 is 0. The monoisotopic (exact) mass is 281 g/mol. The number of carbonyl (C=O) groups excluding carboxylic acids is 2. The van der Waals surface area contributed by atoms with Crippen LogP contribution in [-0.2, 0) is 9.59 Å². The van der Waals surface area contributed by atoms with Crippen molar-refractivity contribution in [3.8, 4) is 0 Å². The average Bonchev–Trinajstić information content (AvgIpc) is 2.75. The third kappa shape index (κ3) is 3.72. The van der Waals surface area contributed by atoms with Crippen molar-refractivity contribution < 1.29 is 9.59 Å². The molecule has 5 heteroatoms. The van der Waals surface area contributed by atoms with E-state index >= 15 is 0 Å². The lowest BCUT2D eigenvalue weighted by Gasteiger charge is -2.29. The molecule has 2 saturated heterocycles. The van der Waals surface area contributed by atoms with Crippen LogP contribution in [0.15, 0.2) is 0 Å². The van der Waals surface area contributed by atoms with E-state index in [1.54, 1.807) is 7.05 Å².